The van der Waals surface area contributed by atoms with Crippen LogP contribution in [0.2, 0.25) is 0 Å². The molecule has 10 nitrogen and oxygen atoms in total. The molecule has 0 saturated carbocycles. The van der Waals surface area contributed by atoms with Crippen LogP contribution in [0.3, 0.4) is 0 Å². The van der Waals surface area contributed by atoms with Gasteiger partial charge in [-0.2, -0.15) is 5.26 Å². The van der Waals surface area contributed by atoms with Crippen molar-refractivity contribution >= 4 is 39.9 Å². The van der Waals surface area contributed by atoms with E-state index in [1.807, 2.05) is 11.0 Å². The van der Waals surface area contributed by atoms with Crippen LogP contribution >= 0.6 is 11.3 Å². The molecule has 1 amide bonds. The van der Waals surface area contributed by atoms with E-state index in [0.717, 1.165) is 11.3 Å². The maximum absolute atomic E-state index is 14.4. The van der Waals surface area contributed by atoms with E-state index in [9.17, 15) is 18.8 Å². The van der Waals surface area contributed by atoms with Crippen LogP contribution in [0.4, 0.5) is 15.1 Å². The minimum absolute atomic E-state index is 0.0300. The molecule has 0 bridgehead atoms. The van der Waals surface area contributed by atoms with Crippen LogP contribution in [-0.4, -0.2) is 58.5 Å². The normalized spacial score (nSPS) is 13.3. The molecule has 12 heteroatoms. The Morgan fingerprint density at radius 2 is 1.93 bits per heavy atom. The molecule has 1 unspecified atom stereocenters. The molecule has 0 fully saturated rings. The summed E-state index contributed by atoms with van der Waals surface area (Å²) >= 11 is 1.11. The van der Waals surface area contributed by atoms with Crippen LogP contribution in [0.5, 0.6) is 5.75 Å². The second-order valence-electron chi connectivity index (χ2n) is 9.22. The molecule has 0 aliphatic carbocycles. The molecule has 1 aliphatic rings. The molecule has 2 heterocycles. The summed E-state index contributed by atoms with van der Waals surface area (Å²) in [6.45, 7) is 3.64. The van der Waals surface area contributed by atoms with E-state index in [1.165, 1.54) is 37.3 Å². The first-order valence-electron chi connectivity index (χ1n) is 13.1. The number of benzene rings is 2. The van der Waals surface area contributed by atoms with E-state index in [4.69, 9.17) is 24.2 Å². The highest BCUT2D eigenvalue weighted by molar-refractivity contribution is 7.18. The fraction of sp³-hybridized carbons (Fsp3) is 0.333. The van der Waals surface area contributed by atoms with E-state index in [0.29, 0.717) is 27.6 Å². The number of fused-ring (bicyclic) bond motifs is 1. The number of esters is 2. The van der Waals surface area contributed by atoms with E-state index >= 15 is 0 Å². The second-order valence-corrected chi connectivity index (χ2v) is 10.2. The SMILES string of the molecule is CCOC(=O)c1sc2c(c1C)C(=O)N(c1ccccc1C(=O)OC)CN2CC(OCCC#N)c1cc(F)ccc1OC. The van der Waals surface area contributed by atoms with Gasteiger partial charge in [-0.05, 0) is 49.7 Å². The minimum atomic E-state index is -0.795. The lowest BCUT2D eigenvalue weighted by atomic mass is 10.0. The molecule has 0 spiro atoms. The van der Waals surface area contributed by atoms with Gasteiger partial charge in [0, 0.05) is 5.56 Å². The molecule has 0 radical (unpaired) electrons. The highest BCUT2D eigenvalue weighted by Gasteiger charge is 2.39. The molecular weight excluding hydrogens is 565 g/mol. The number of carbonyl (C=O) groups excluding carboxylic acids is 3. The number of nitrogens with zero attached hydrogens (tertiary/aromatic N) is 3. The quantitative estimate of drug-likeness (QED) is 0.216. The number of methoxy groups -OCH3 is 2. The van der Waals surface area contributed by atoms with Crippen molar-refractivity contribution < 1.29 is 37.7 Å². The van der Waals surface area contributed by atoms with Crippen LogP contribution in [0, 0.1) is 24.1 Å². The number of halogens is 1. The third-order valence-corrected chi connectivity index (χ3v) is 8.04. The number of hydrogen-bond acceptors (Lipinski definition) is 10. The molecule has 4 rings (SSSR count). The van der Waals surface area contributed by atoms with Crippen molar-refractivity contribution in [2.24, 2.45) is 0 Å². The van der Waals surface area contributed by atoms with E-state index in [1.54, 1.807) is 38.1 Å². The largest absolute Gasteiger partial charge is 0.496 e. The Morgan fingerprint density at radius 3 is 2.62 bits per heavy atom. The number of para-hydroxylation sites is 1. The lowest BCUT2D eigenvalue weighted by Crippen LogP contribution is -2.48. The van der Waals surface area contributed by atoms with E-state index in [2.05, 4.69) is 0 Å². The summed E-state index contributed by atoms with van der Waals surface area (Å²) in [4.78, 5) is 43.0. The minimum Gasteiger partial charge on any atom is -0.496 e. The molecule has 3 aromatic rings. The van der Waals surface area contributed by atoms with Crippen molar-refractivity contribution in [3.63, 3.8) is 0 Å². The molecule has 0 N–H and O–H groups in total. The van der Waals surface area contributed by atoms with Gasteiger partial charge in [0.05, 0.1) is 70.0 Å². The summed E-state index contributed by atoms with van der Waals surface area (Å²) in [6.07, 6.45) is -0.696. The molecule has 1 aliphatic heterocycles. The Hall–Kier alpha value is -4.47. The van der Waals surface area contributed by atoms with Crippen molar-refractivity contribution in [1.82, 2.24) is 0 Å². The van der Waals surface area contributed by atoms with Gasteiger partial charge in [-0.25, -0.2) is 14.0 Å². The topological polar surface area (TPSA) is 118 Å². The fourth-order valence-electron chi connectivity index (χ4n) is 4.76. The van der Waals surface area contributed by atoms with Gasteiger partial charge in [-0.3, -0.25) is 9.69 Å². The number of carbonyl (C=O) groups is 3. The third-order valence-electron chi connectivity index (χ3n) is 6.71. The lowest BCUT2D eigenvalue weighted by molar-refractivity contribution is 0.0530. The zero-order chi connectivity index (χ0) is 30.4. The molecule has 1 atom stereocenters. The van der Waals surface area contributed by atoms with Crippen LogP contribution in [0.25, 0.3) is 0 Å². The van der Waals surface area contributed by atoms with Gasteiger partial charge < -0.3 is 23.8 Å². The molecule has 1 aromatic heterocycles. The monoisotopic (exact) mass is 595 g/mol. The summed E-state index contributed by atoms with van der Waals surface area (Å²) in [5, 5.41) is 9.60. The van der Waals surface area contributed by atoms with Crippen molar-refractivity contribution in [2.45, 2.75) is 26.4 Å². The molecular formula is C30H30FN3O7S. The average Bonchev–Trinajstić information content (AvgIpc) is 3.35. The van der Waals surface area contributed by atoms with Gasteiger partial charge in [0.1, 0.15) is 27.5 Å². The first-order valence-corrected chi connectivity index (χ1v) is 13.9. The number of hydrogen-bond donors (Lipinski definition) is 0. The number of amides is 1. The van der Waals surface area contributed by atoms with Crippen LogP contribution < -0.4 is 14.5 Å². The predicted octanol–water partition coefficient (Wildman–Crippen LogP) is 5.26. The lowest BCUT2D eigenvalue weighted by Gasteiger charge is -2.38. The zero-order valence-corrected chi connectivity index (χ0v) is 24.5. The average molecular weight is 596 g/mol. The summed E-state index contributed by atoms with van der Waals surface area (Å²) in [7, 11) is 2.71. The number of ether oxygens (including phenoxy) is 4. The summed E-state index contributed by atoms with van der Waals surface area (Å²) in [5.74, 6) is -1.70. The Labute approximate surface area is 246 Å². The summed E-state index contributed by atoms with van der Waals surface area (Å²) in [6, 6.07) is 12.7. The van der Waals surface area contributed by atoms with Gasteiger partial charge in [0.15, 0.2) is 0 Å². The van der Waals surface area contributed by atoms with Crippen LogP contribution in [0.1, 0.15) is 61.0 Å². The number of rotatable bonds is 11. The van der Waals surface area contributed by atoms with Crippen molar-refractivity contribution in [3.05, 3.63) is 75.4 Å². The number of thiophene rings is 1. The molecule has 220 valence electrons. The van der Waals surface area contributed by atoms with Crippen LogP contribution in [0.15, 0.2) is 42.5 Å². The second kappa shape index (κ2) is 13.5. The number of anilines is 2. The Balaban J connectivity index is 1.86. The van der Waals surface area contributed by atoms with Gasteiger partial charge in [0.25, 0.3) is 5.91 Å². The summed E-state index contributed by atoms with van der Waals surface area (Å²) < 4.78 is 36.2. The highest BCUT2D eigenvalue weighted by Crippen LogP contribution is 2.43. The maximum atomic E-state index is 14.4. The van der Waals surface area contributed by atoms with Crippen molar-refractivity contribution in [2.75, 3.05) is 50.4 Å². The van der Waals surface area contributed by atoms with Gasteiger partial charge in [0.2, 0.25) is 0 Å². The highest BCUT2D eigenvalue weighted by atomic mass is 32.1. The fourth-order valence-corrected chi connectivity index (χ4v) is 5.96. The molecule has 42 heavy (non-hydrogen) atoms. The van der Waals surface area contributed by atoms with E-state index in [-0.39, 0.29) is 48.9 Å². The smallest absolute Gasteiger partial charge is 0.348 e. The van der Waals surface area contributed by atoms with Gasteiger partial charge >= 0.3 is 11.9 Å². The summed E-state index contributed by atoms with van der Waals surface area (Å²) in [5.41, 5.74) is 1.63. The van der Waals surface area contributed by atoms with Gasteiger partial charge in [-0.1, -0.05) is 12.1 Å². The Bertz CT molecular complexity index is 1530. The predicted molar refractivity (Wildman–Crippen MR) is 154 cm³/mol. The standard InChI is InChI=1S/C30H30FN3O7S/c1-5-40-30(37)26-18(2)25-27(35)34(22-10-7-6-9-20(22)29(36)39-4)17-33(28(25)42-26)16-24(41-14-8-13-32)21-15-19(31)11-12-23(21)38-3/h6-7,9-12,15,24H,5,8,14,16-17H2,1-4H3. The Kier molecular flexibility index (Phi) is 9.77. The molecule has 0 saturated heterocycles. The molecule has 2 aromatic carbocycles. The van der Waals surface area contributed by atoms with E-state index < -0.39 is 29.8 Å². The Morgan fingerprint density at radius 1 is 1.17 bits per heavy atom. The first-order chi connectivity index (χ1) is 20.2. The van der Waals surface area contributed by atoms with Crippen LogP contribution in [-0.2, 0) is 14.2 Å². The first kappa shape index (κ1) is 30.5. The zero-order valence-electron chi connectivity index (χ0n) is 23.6. The van der Waals surface area contributed by atoms with Crippen molar-refractivity contribution in [1.29, 1.82) is 5.26 Å². The van der Waals surface area contributed by atoms with Crippen molar-refractivity contribution in [3.8, 4) is 11.8 Å². The third kappa shape index (κ3) is 6.07. The maximum Gasteiger partial charge on any atom is 0.348 e. The van der Waals surface area contributed by atoms with Gasteiger partial charge in [-0.15, -0.1) is 11.3 Å². The number of nitriles is 1.